The Kier molecular flexibility index (Phi) is 5.32. The number of hydrogen-bond acceptors (Lipinski definition) is 4. The fourth-order valence-electron chi connectivity index (χ4n) is 2.06. The first-order valence-corrected chi connectivity index (χ1v) is 6.98. The van der Waals surface area contributed by atoms with Crippen molar-refractivity contribution < 1.29 is 14.3 Å². The Hall–Kier alpha value is -2.36. The molecule has 0 radical (unpaired) electrons. The number of ketones is 1. The van der Waals surface area contributed by atoms with Gasteiger partial charge in [0.05, 0.1) is 13.7 Å². The monoisotopic (exact) mass is 285 g/mol. The lowest BCUT2D eigenvalue weighted by Crippen LogP contribution is -2.03. The Morgan fingerprint density at radius 2 is 2.05 bits per heavy atom. The van der Waals surface area contributed by atoms with Crippen LogP contribution in [-0.4, -0.2) is 24.5 Å². The predicted molar refractivity (Wildman–Crippen MR) is 81.1 cm³/mol. The van der Waals surface area contributed by atoms with Crippen molar-refractivity contribution >= 4 is 5.78 Å². The first-order valence-electron chi connectivity index (χ1n) is 6.98. The number of methoxy groups -OCH3 is 1. The molecule has 4 nitrogen and oxygen atoms in total. The molecule has 0 aliphatic rings. The lowest BCUT2D eigenvalue weighted by atomic mass is 10.1. The molecule has 1 aromatic heterocycles. The molecule has 1 heterocycles. The van der Waals surface area contributed by atoms with Gasteiger partial charge < -0.3 is 9.47 Å². The van der Waals surface area contributed by atoms with Gasteiger partial charge in [0.1, 0.15) is 5.69 Å². The topological polar surface area (TPSA) is 48.4 Å². The van der Waals surface area contributed by atoms with Crippen molar-refractivity contribution in [2.24, 2.45) is 0 Å². The maximum Gasteiger partial charge on any atom is 0.181 e. The largest absolute Gasteiger partial charge is 0.493 e. The number of aromatic nitrogens is 1. The zero-order chi connectivity index (χ0) is 15.1. The van der Waals surface area contributed by atoms with E-state index in [0.29, 0.717) is 36.6 Å². The second kappa shape index (κ2) is 7.43. The summed E-state index contributed by atoms with van der Waals surface area (Å²) in [6.45, 7) is 2.50. The third-order valence-corrected chi connectivity index (χ3v) is 3.12. The Balaban J connectivity index is 2.03. The van der Waals surface area contributed by atoms with Crippen molar-refractivity contribution in [1.29, 1.82) is 0 Å². The van der Waals surface area contributed by atoms with Gasteiger partial charge >= 0.3 is 0 Å². The average Bonchev–Trinajstić information content (AvgIpc) is 2.54. The molecule has 0 unspecified atom stereocenters. The number of nitrogens with zero attached hydrogens (tertiary/aromatic N) is 1. The summed E-state index contributed by atoms with van der Waals surface area (Å²) in [6.07, 6.45) is 2.71. The van der Waals surface area contributed by atoms with Gasteiger partial charge in [0.15, 0.2) is 17.3 Å². The smallest absolute Gasteiger partial charge is 0.181 e. The number of rotatable bonds is 7. The van der Waals surface area contributed by atoms with E-state index in [4.69, 9.17) is 9.47 Å². The Morgan fingerprint density at radius 3 is 2.71 bits per heavy atom. The van der Waals surface area contributed by atoms with Crippen LogP contribution in [0.1, 0.15) is 29.4 Å². The van der Waals surface area contributed by atoms with E-state index in [1.54, 1.807) is 25.4 Å². The van der Waals surface area contributed by atoms with Gasteiger partial charge in [-0.15, -0.1) is 0 Å². The van der Waals surface area contributed by atoms with Crippen LogP contribution in [0.4, 0.5) is 0 Å². The molecule has 21 heavy (non-hydrogen) atoms. The fraction of sp³-hybridized carbons (Fsp3) is 0.294. The molecular weight excluding hydrogens is 266 g/mol. The summed E-state index contributed by atoms with van der Waals surface area (Å²) in [5, 5.41) is 0. The van der Waals surface area contributed by atoms with E-state index in [1.165, 1.54) is 0 Å². The number of Topliss-reactive ketones (excluding diaryl/α,β-unsaturated/α-hetero) is 1. The highest BCUT2D eigenvalue weighted by molar-refractivity contribution is 5.94. The summed E-state index contributed by atoms with van der Waals surface area (Å²) >= 11 is 0. The van der Waals surface area contributed by atoms with E-state index >= 15 is 0 Å². The number of carbonyl (C=O) groups is 1. The van der Waals surface area contributed by atoms with Crippen LogP contribution in [0.15, 0.2) is 42.6 Å². The van der Waals surface area contributed by atoms with Crippen LogP contribution in [-0.2, 0) is 6.42 Å². The van der Waals surface area contributed by atoms with E-state index in [2.05, 4.69) is 4.98 Å². The van der Waals surface area contributed by atoms with Crippen molar-refractivity contribution in [2.45, 2.75) is 19.8 Å². The Labute approximate surface area is 124 Å². The van der Waals surface area contributed by atoms with E-state index in [9.17, 15) is 4.79 Å². The Morgan fingerprint density at radius 1 is 1.19 bits per heavy atom. The molecule has 0 atom stereocenters. The van der Waals surface area contributed by atoms with E-state index < -0.39 is 0 Å². The van der Waals surface area contributed by atoms with Crippen LogP contribution in [0.25, 0.3) is 0 Å². The predicted octanol–water partition coefficient (Wildman–Crippen LogP) is 3.30. The third-order valence-electron chi connectivity index (χ3n) is 3.12. The fourth-order valence-corrected chi connectivity index (χ4v) is 2.06. The molecule has 0 amide bonds. The van der Waals surface area contributed by atoms with Gasteiger partial charge in [-0.2, -0.15) is 0 Å². The first kappa shape index (κ1) is 15.0. The molecule has 0 fully saturated rings. The maximum absolute atomic E-state index is 12.0. The number of benzene rings is 1. The van der Waals surface area contributed by atoms with Gasteiger partial charge in [0.25, 0.3) is 0 Å². The quantitative estimate of drug-likeness (QED) is 0.732. The molecule has 0 aliphatic carbocycles. The summed E-state index contributed by atoms with van der Waals surface area (Å²) in [6, 6.07) is 11.1. The number of pyridine rings is 1. The molecule has 0 aliphatic heterocycles. The summed E-state index contributed by atoms with van der Waals surface area (Å²) in [5.74, 6) is 1.46. The minimum Gasteiger partial charge on any atom is -0.493 e. The van der Waals surface area contributed by atoms with Crippen molar-refractivity contribution in [3.05, 3.63) is 53.9 Å². The lowest BCUT2D eigenvalue weighted by Gasteiger charge is -2.11. The summed E-state index contributed by atoms with van der Waals surface area (Å²) in [4.78, 5) is 16.1. The van der Waals surface area contributed by atoms with Crippen LogP contribution in [0.2, 0.25) is 0 Å². The molecule has 2 rings (SSSR count). The van der Waals surface area contributed by atoms with E-state index in [1.807, 2.05) is 31.2 Å². The molecule has 1 aromatic carbocycles. The molecule has 110 valence electrons. The van der Waals surface area contributed by atoms with Gasteiger partial charge in [0.2, 0.25) is 0 Å². The molecule has 0 saturated carbocycles. The highest BCUT2D eigenvalue weighted by atomic mass is 16.5. The van der Waals surface area contributed by atoms with Gasteiger partial charge in [-0.3, -0.25) is 9.78 Å². The minimum atomic E-state index is 0.0457. The van der Waals surface area contributed by atoms with E-state index in [-0.39, 0.29) is 5.78 Å². The van der Waals surface area contributed by atoms with Crippen LogP contribution < -0.4 is 9.47 Å². The summed E-state index contributed by atoms with van der Waals surface area (Å²) in [5.41, 5.74) is 1.56. The molecule has 0 saturated heterocycles. The summed E-state index contributed by atoms with van der Waals surface area (Å²) < 4.78 is 10.8. The minimum absolute atomic E-state index is 0.0457. The highest BCUT2D eigenvalue weighted by Gasteiger charge is 2.09. The zero-order valence-corrected chi connectivity index (χ0v) is 12.3. The number of ether oxygens (including phenoxy) is 2. The van der Waals surface area contributed by atoms with Gasteiger partial charge in [-0.05, 0) is 43.2 Å². The van der Waals surface area contributed by atoms with E-state index in [0.717, 1.165) is 5.56 Å². The second-order valence-electron chi connectivity index (χ2n) is 4.56. The summed E-state index contributed by atoms with van der Waals surface area (Å²) in [7, 11) is 1.61. The van der Waals surface area contributed by atoms with Gasteiger partial charge in [-0.1, -0.05) is 12.1 Å². The van der Waals surface area contributed by atoms with Crippen LogP contribution in [0.5, 0.6) is 11.5 Å². The number of aryl methyl sites for hydroxylation is 1. The lowest BCUT2D eigenvalue weighted by molar-refractivity contribution is 0.0978. The molecule has 2 aromatic rings. The van der Waals surface area contributed by atoms with Crippen LogP contribution in [0.3, 0.4) is 0 Å². The van der Waals surface area contributed by atoms with Gasteiger partial charge in [0, 0.05) is 12.6 Å². The normalized spacial score (nSPS) is 10.2. The molecule has 0 N–H and O–H groups in total. The van der Waals surface area contributed by atoms with Crippen molar-refractivity contribution in [3.63, 3.8) is 0 Å². The zero-order valence-electron chi connectivity index (χ0n) is 12.3. The number of carbonyl (C=O) groups excluding carboxylic acids is 1. The van der Waals surface area contributed by atoms with Crippen LogP contribution >= 0.6 is 0 Å². The average molecular weight is 285 g/mol. The SMILES string of the molecule is CCOc1cc(CCC(=O)c2ccccn2)ccc1OC. The molecule has 0 bridgehead atoms. The first-order chi connectivity index (χ1) is 10.2. The standard InChI is InChI=1S/C17H19NO3/c1-3-21-17-12-13(8-10-16(17)20-2)7-9-15(19)14-6-4-5-11-18-14/h4-6,8,10-12H,3,7,9H2,1-2H3. The molecule has 0 spiro atoms. The van der Waals surface area contributed by atoms with Crippen LogP contribution in [0, 0.1) is 0 Å². The number of hydrogen-bond donors (Lipinski definition) is 0. The van der Waals surface area contributed by atoms with Crippen molar-refractivity contribution in [2.75, 3.05) is 13.7 Å². The Bertz CT molecular complexity index is 596. The third kappa shape index (κ3) is 4.05. The maximum atomic E-state index is 12.0. The van der Waals surface area contributed by atoms with Crippen molar-refractivity contribution in [3.8, 4) is 11.5 Å². The second-order valence-corrected chi connectivity index (χ2v) is 4.56. The van der Waals surface area contributed by atoms with Gasteiger partial charge in [-0.25, -0.2) is 0 Å². The molecular formula is C17H19NO3. The molecule has 4 heteroatoms. The van der Waals surface area contributed by atoms with Crippen molar-refractivity contribution in [1.82, 2.24) is 4.98 Å². The highest BCUT2D eigenvalue weighted by Crippen LogP contribution is 2.28.